The average molecular weight is 185 g/mol. The molecule has 0 aliphatic rings. The fraction of sp³-hybridized carbons (Fsp3) is 0.0769. The summed E-state index contributed by atoms with van der Waals surface area (Å²) in [6.07, 6.45) is 9.41. The highest BCUT2D eigenvalue weighted by Gasteiger charge is 1.98. The number of aromatic amines is 1. The summed E-state index contributed by atoms with van der Waals surface area (Å²) in [6.45, 7) is 13.3. The highest BCUT2D eigenvalue weighted by molar-refractivity contribution is 5.58. The van der Waals surface area contributed by atoms with Crippen LogP contribution >= 0.6 is 0 Å². The molecule has 1 nitrogen and oxygen atoms in total. The third kappa shape index (κ3) is 1.94. The number of aromatic nitrogens is 1. The molecule has 14 heavy (non-hydrogen) atoms. The fourth-order valence-corrected chi connectivity index (χ4v) is 1.41. The van der Waals surface area contributed by atoms with Crippen LogP contribution in [0.5, 0.6) is 0 Å². The Hall–Kier alpha value is -1.76. The van der Waals surface area contributed by atoms with Gasteiger partial charge in [-0.05, 0) is 6.92 Å². The Labute approximate surface area is 84.5 Å². The van der Waals surface area contributed by atoms with Crippen LogP contribution in [0.3, 0.4) is 0 Å². The summed E-state index contributed by atoms with van der Waals surface area (Å²) < 4.78 is 0. The summed E-state index contributed by atoms with van der Waals surface area (Å²) in [5.41, 5.74) is 2.26. The maximum absolute atomic E-state index is 3.93. The second-order valence-corrected chi connectivity index (χ2v) is 3.05. The van der Waals surface area contributed by atoms with Gasteiger partial charge >= 0.3 is 0 Å². The Morgan fingerprint density at radius 3 is 2.50 bits per heavy atom. The highest BCUT2D eigenvalue weighted by atomic mass is 14.7. The first kappa shape index (κ1) is 10.3. The molecule has 1 aromatic heterocycles. The summed E-state index contributed by atoms with van der Waals surface area (Å²) in [4.78, 5) is 3.19. The molecule has 1 N–H and O–H groups in total. The fourth-order valence-electron chi connectivity index (χ4n) is 1.41. The molecule has 0 radical (unpaired) electrons. The van der Waals surface area contributed by atoms with E-state index in [1.54, 1.807) is 12.2 Å². The minimum absolute atomic E-state index is 0.922. The zero-order valence-electron chi connectivity index (χ0n) is 8.51. The number of H-pyrrole nitrogens is 1. The lowest BCUT2D eigenvalue weighted by molar-refractivity contribution is 1.22. The third-order valence-corrected chi connectivity index (χ3v) is 2.04. The van der Waals surface area contributed by atoms with Gasteiger partial charge in [-0.15, -0.1) is 0 Å². The highest BCUT2D eigenvalue weighted by Crippen LogP contribution is 1.99. The molecule has 0 fully saturated rings. The first-order valence-corrected chi connectivity index (χ1v) is 4.50. The molecule has 0 saturated carbocycles. The average Bonchev–Trinajstić information content (AvgIpc) is 2.40. The van der Waals surface area contributed by atoms with Crippen molar-refractivity contribution in [2.24, 2.45) is 0 Å². The van der Waals surface area contributed by atoms with Crippen LogP contribution in [0.25, 0.3) is 18.7 Å². The normalized spacial score (nSPS) is 12.2. The third-order valence-electron chi connectivity index (χ3n) is 2.04. The molecule has 0 aromatic carbocycles. The van der Waals surface area contributed by atoms with Crippen LogP contribution in [0.4, 0.5) is 0 Å². The second-order valence-electron chi connectivity index (χ2n) is 3.05. The zero-order chi connectivity index (χ0) is 10.6. The van der Waals surface area contributed by atoms with E-state index >= 15 is 0 Å². The Morgan fingerprint density at radius 2 is 1.93 bits per heavy atom. The lowest BCUT2D eigenvalue weighted by Gasteiger charge is -1.88. The van der Waals surface area contributed by atoms with Crippen molar-refractivity contribution in [3.8, 4) is 0 Å². The van der Waals surface area contributed by atoms with Crippen LogP contribution in [0.2, 0.25) is 0 Å². The summed E-state index contributed by atoms with van der Waals surface area (Å²) in [5, 5.41) is 2.02. The van der Waals surface area contributed by atoms with Crippen molar-refractivity contribution >= 4 is 18.7 Å². The van der Waals surface area contributed by atoms with Gasteiger partial charge < -0.3 is 4.98 Å². The van der Waals surface area contributed by atoms with Crippen LogP contribution in [0.1, 0.15) is 11.3 Å². The quantitative estimate of drug-likeness (QED) is 0.692. The minimum Gasteiger partial charge on any atom is -0.359 e. The molecular weight excluding hydrogens is 170 g/mol. The molecule has 0 amide bonds. The number of rotatable bonds is 3. The van der Waals surface area contributed by atoms with Gasteiger partial charge in [0, 0.05) is 21.8 Å². The van der Waals surface area contributed by atoms with Crippen molar-refractivity contribution in [3.63, 3.8) is 0 Å². The van der Waals surface area contributed by atoms with Crippen LogP contribution < -0.4 is 10.6 Å². The van der Waals surface area contributed by atoms with Gasteiger partial charge in [0.15, 0.2) is 0 Å². The van der Waals surface area contributed by atoms with E-state index in [1.165, 1.54) is 0 Å². The van der Waals surface area contributed by atoms with Crippen LogP contribution in [0, 0.1) is 6.92 Å². The Morgan fingerprint density at radius 1 is 1.21 bits per heavy atom. The summed E-state index contributed by atoms with van der Waals surface area (Å²) in [7, 11) is 0. The molecule has 0 atom stereocenters. The molecule has 0 saturated heterocycles. The number of hydrogen-bond donors (Lipinski definition) is 1. The zero-order valence-corrected chi connectivity index (χ0v) is 8.51. The predicted molar refractivity (Wildman–Crippen MR) is 64.2 cm³/mol. The predicted octanol–water partition coefficient (Wildman–Crippen LogP) is 1.90. The van der Waals surface area contributed by atoms with Crippen molar-refractivity contribution in [1.82, 2.24) is 4.98 Å². The van der Waals surface area contributed by atoms with Gasteiger partial charge in [0.1, 0.15) is 0 Å². The van der Waals surface area contributed by atoms with Gasteiger partial charge in [0.2, 0.25) is 0 Å². The van der Waals surface area contributed by atoms with E-state index in [2.05, 4.69) is 24.7 Å². The van der Waals surface area contributed by atoms with E-state index in [9.17, 15) is 0 Å². The van der Waals surface area contributed by atoms with Crippen molar-refractivity contribution in [1.29, 1.82) is 0 Å². The van der Waals surface area contributed by atoms with Crippen LogP contribution in [0.15, 0.2) is 31.4 Å². The van der Waals surface area contributed by atoms with Crippen molar-refractivity contribution in [3.05, 3.63) is 53.2 Å². The molecule has 1 aromatic rings. The van der Waals surface area contributed by atoms with Crippen molar-refractivity contribution < 1.29 is 0 Å². The van der Waals surface area contributed by atoms with Gasteiger partial charge in [0.25, 0.3) is 0 Å². The first-order valence-electron chi connectivity index (χ1n) is 4.50. The van der Waals surface area contributed by atoms with Crippen molar-refractivity contribution in [2.45, 2.75) is 6.92 Å². The Bertz CT molecular complexity index is 472. The van der Waals surface area contributed by atoms with Gasteiger partial charge in [-0.1, -0.05) is 50.1 Å². The molecule has 1 heterocycles. The Balaban J connectivity index is 3.47. The van der Waals surface area contributed by atoms with Gasteiger partial charge in [-0.2, -0.15) is 0 Å². The SMILES string of the molecule is C=C/C=C\c1c(C)[nH]c(=C)/c1=C\C=C. The van der Waals surface area contributed by atoms with Gasteiger partial charge in [-0.25, -0.2) is 0 Å². The number of hydrogen-bond acceptors (Lipinski definition) is 0. The molecule has 0 aliphatic carbocycles. The monoisotopic (exact) mass is 185 g/mol. The van der Waals surface area contributed by atoms with E-state index in [1.807, 2.05) is 25.2 Å². The van der Waals surface area contributed by atoms with E-state index in [-0.39, 0.29) is 0 Å². The molecule has 0 spiro atoms. The van der Waals surface area contributed by atoms with Gasteiger partial charge in [-0.3, -0.25) is 0 Å². The topological polar surface area (TPSA) is 15.8 Å². The lowest BCUT2D eigenvalue weighted by atomic mass is 10.2. The molecule has 0 aliphatic heterocycles. The number of nitrogens with one attached hydrogen (secondary N) is 1. The van der Waals surface area contributed by atoms with Crippen molar-refractivity contribution in [2.75, 3.05) is 0 Å². The lowest BCUT2D eigenvalue weighted by Crippen LogP contribution is -2.21. The van der Waals surface area contributed by atoms with E-state index in [4.69, 9.17) is 0 Å². The van der Waals surface area contributed by atoms with E-state index < -0.39 is 0 Å². The summed E-state index contributed by atoms with van der Waals surface area (Å²) in [5.74, 6) is 0. The first-order chi connectivity index (χ1) is 6.70. The largest absolute Gasteiger partial charge is 0.359 e. The maximum atomic E-state index is 3.93. The smallest absolute Gasteiger partial charge is 0.0389 e. The number of aryl methyl sites for hydroxylation is 1. The molecule has 1 heteroatoms. The van der Waals surface area contributed by atoms with Crippen LogP contribution in [-0.2, 0) is 0 Å². The molecule has 0 unspecified atom stereocenters. The Kier molecular flexibility index (Phi) is 3.29. The van der Waals surface area contributed by atoms with Gasteiger partial charge in [0.05, 0.1) is 0 Å². The minimum atomic E-state index is 0.922. The van der Waals surface area contributed by atoms with E-state index in [0.717, 1.165) is 21.8 Å². The molecule has 0 bridgehead atoms. The molecule has 72 valence electrons. The maximum Gasteiger partial charge on any atom is 0.0389 e. The number of allylic oxidation sites excluding steroid dienone is 3. The summed E-state index contributed by atoms with van der Waals surface area (Å²) in [6, 6.07) is 0. The molecule has 1 rings (SSSR count). The second kappa shape index (κ2) is 4.47. The standard InChI is InChI=1S/C13H15N/c1-5-7-9-13-11(4)14-10(3)12(13)8-6-2/h5-9,14H,1-3H2,4H3/b9-7-,12-8+. The summed E-state index contributed by atoms with van der Waals surface area (Å²) >= 11 is 0. The van der Waals surface area contributed by atoms with Crippen LogP contribution in [-0.4, -0.2) is 4.98 Å². The molecular formula is C13H15N. The van der Waals surface area contributed by atoms with E-state index in [0.29, 0.717) is 0 Å².